The minimum absolute atomic E-state index is 0.0956. The lowest BCUT2D eigenvalue weighted by molar-refractivity contribution is 0.0947. The Kier molecular flexibility index (Phi) is 4.52. The molecule has 0 aromatic heterocycles. The van der Waals surface area contributed by atoms with E-state index in [1.54, 1.807) is 6.07 Å². The number of alkyl halides is 1. The Labute approximate surface area is 118 Å². The summed E-state index contributed by atoms with van der Waals surface area (Å²) in [4.78, 5) is 12.0. The Morgan fingerprint density at radius 2 is 2.22 bits per heavy atom. The summed E-state index contributed by atoms with van der Waals surface area (Å²) < 4.78 is 0. The van der Waals surface area contributed by atoms with Gasteiger partial charge in [-0.3, -0.25) is 4.79 Å². The average molecular weight is 286 g/mol. The van der Waals surface area contributed by atoms with Crippen molar-refractivity contribution in [1.29, 1.82) is 0 Å². The molecule has 1 fully saturated rings. The minimum Gasteiger partial charge on any atom is -0.352 e. The van der Waals surface area contributed by atoms with Crippen LogP contribution >= 0.6 is 23.2 Å². The van der Waals surface area contributed by atoms with Crippen molar-refractivity contribution >= 4 is 29.1 Å². The van der Waals surface area contributed by atoms with Crippen molar-refractivity contribution in [2.75, 3.05) is 6.54 Å². The number of nitrogens with one attached hydrogen (secondary N) is 1. The zero-order chi connectivity index (χ0) is 13.1. The summed E-state index contributed by atoms with van der Waals surface area (Å²) in [5.41, 5.74) is 1.48. The Morgan fingerprint density at radius 1 is 1.44 bits per heavy atom. The molecule has 1 saturated carbocycles. The van der Waals surface area contributed by atoms with E-state index in [1.165, 1.54) is 0 Å². The van der Waals surface area contributed by atoms with E-state index in [-0.39, 0.29) is 11.3 Å². The summed E-state index contributed by atoms with van der Waals surface area (Å²) in [5.74, 6) is 0.404. The molecule has 2 nitrogen and oxygen atoms in total. The molecule has 1 amide bonds. The highest BCUT2D eigenvalue weighted by Crippen LogP contribution is 2.29. The summed E-state index contributed by atoms with van der Waals surface area (Å²) in [6.07, 6.45) is 3.13. The van der Waals surface area contributed by atoms with Crippen LogP contribution in [0.3, 0.4) is 0 Å². The monoisotopic (exact) mass is 285 g/mol. The molecule has 2 atom stereocenters. The Morgan fingerprint density at radius 3 is 2.89 bits per heavy atom. The normalized spacial score (nSPS) is 23.1. The molecule has 0 heterocycles. The van der Waals surface area contributed by atoms with Gasteiger partial charge in [-0.05, 0) is 43.7 Å². The number of halogens is 2. The van der Waals surface area contributed by atoms with Gasteiger partial charge >= 0.3 is 0 Å². The fourth-order valence-corrected chi connectivity index (χ4v) is 2.94. The lowest BCUT2D eigenvalue weighted by Crippen LogP contribution is -2.28. The number of carbonyl (C=O) groups is 1. The molecular formula is C14H17Cl2NO. The third kappa shape index (κ3) is 3.18. The van der Waals surface area contributed by atoms with Crippen LogP contribution in [0.15, 0.2) is 18.2 Å². The Hall–Kier alpha value is -0.730. The molecule has 0 bridgehead atoms. The largest absolute Gasteiger partial charge is 0.352 e. The molecule has 4 heteroatoms. The van der Waals surface area contributed by atoms with Gasteiger partial charge in [0, 0.05) is 11.9 Å². The standard InChI is InChI=1S/C14H17Cl2NO/c1-9-3-2-4-12(13(9)16)14(18)17-8-10-5-6-11(15)7-10/h2-4,10-11H,5-8H2,1H3,(H,17,18). The van der Waals surface area contributed by atoms with Crippen molar-refractivity contribution in [3.63, 3.8) is 0 Å². The summed E-state index contributed by atoms with van der Waals surface area (Å²) in [5, 5.41) is 3.76. The van der Waals surface area contributed by atoms with Crippen molar-refractivity contribution in [3.05, 3.63) is 34.3 Å². The molecule has 1 aliphatic rings. The van der Waals surface area contributed by atoms with Gasteiger partial charge in [0.05, 0.1) is 10.6 Å². The van der Waals surface area contributed by atoms with Crippen LogP contribution in [0.1, 0.15) is 35.2 Å². The van der Waals surface area contributed by atoms with E-state index in [1.807, 2.05) is 19.1 Å². The summed E-state index contributed by atoms with van der Waals surface area (Å²) in [6, 6.07) is 5.50. The molecule has 0 saturated heterocycles. The third-order valence-electron chi connectivity index (χ3n) is 3.46. The zero-order valence-corrected chi connectivity index (χ0v) is 11.9. The second-order valence-electron chi connectivity index (χ2n) is 4.92. The van der Waals surface area contributed by atoms with Gasteiger partial charge in [0.25, 0.3) is 5.91 Å². The van der Waals surface area contributed by atoms with Gasteiger partial charge in [-0.15, -0.1) is 11.6 Å². The molecule has 1 N–H and O–H groups in total. The second-order valence-corrected chi connectivity index (χ2v) is 5.92. The van der Waals surface area contributed by atoms with Crippen LogP contribution in [0.2, 0.25) is 5.02 Å². The molecule has 98 valence electrons. The molecule has 1 aliphatic carbocycles. The lowest BCUT2D eigenvalue weighted by atomic mass is 10.1. The summed E-state index contributed by atoms with van der Waals surface area (Å²) in [7, 11) is 0. The van der Waals surface area contributed by atoms with E-state index in [4.69, 9.17) is 23.2 Å². The van der Waals surface area contributed by atoms with E-state index in [2.05, 4.69) is 5.32 Å². The van der Waals surface area contributed by atoms with Crippen molar-refractivity contribution in [1.82, 2.24) is 5.32 Å². The number of rotatable bonds is 3. The summed E-state index contributed by atoms with van der Waals surface area (Å²) in [6.45, 7) is 2.58. The maximum Gasteiger partial charge on any atom is 0.252 e. The van der Waals surface area contributed by atoms with Crippen LogP contribution in [0.4, 0.5) is 0 Å². The van der Waals surface area contributed by atoms with E-state index < -0.39 is 0 Å². The van der Waals surface area contributed by atoms with Gasteiger partial charge in [-0.25, -0.2) is 0 Å². The number of benzene rings is 1. The van der Waals surface area contributed by atoms with Crippen LogP contribution in [-0.4, -0.2) is 17.8 Å². The quantitative estimate of drug-likeness (QED) is 0.842. The summed E-state index contributed by atoms with van der Waals surface area (Å²) >= 11 is 12.2. The van der Waals surface area contributed by atoms with E-state index in [0.717, 1.165) is 24.8 Å². The van der Waals surface area contributed by atoms with Crippen molar-refractivity contribution in [2.45, 2.75) is 31.6 Å². The SMILES string of the molecule is Cc1cccc(C(=O)NCC2CCC(Cl)C2)c1Cl. The number of hydrogen-bond donors (Lipinski definition) is 1. The lowest BCUT2D eigenvalue weighted by Gasteiger charge is -2.12. The van der Waals surface area contributed by atoms with Gasteiger partial charge < -0.3 is 5.32 Å². The molecule has 2 unspecified atom stereocenters. The maximum absolute atomic E-state index is 12.0. The van der Waals surface area contributed by atoms with Gasteiger partial charge in [0.2, 0.25) is 0 Å². The number of carbonyl (C=O) groups excluding carboxylic acids is 1. The van der Waals surface area contributed by atoms with E-state index in [0.29, 0.717) is 23.0 Å². The van der Waals surface area contributed by atoms with E-state index in [9.17, 15) is 4.79 Å². The number of aryl methyl sites for hydroxylation is 1. The van der Waals surface area contributed by atoms with Crippen molar-refractivity contribution in [2.24, 2.45) is 5.92 Å². The van der Waals surface area contributed by atoms with Crippen LogP contribution in [0, 0.1) is 12.8 Å². The zero-order valence-electron chi connectivity index (χ0n) is 10.4. The number of hydrogen-bond acceptors (Lipinski definition) is 1. The first-order valence-electron chi connectivity index (χ1n) is 6.25. The molecule has 1 aromatic carbocycles. The second kappa shape index (κ2) is 5.94. The fraction of sp³-hybridized carbons (Fsp3) is 0.500. The topological polar surface area (TPSA) is 29.1 Å². The average Bonchev–Trinajstić information content (AvgIpc) is 2.76. The van der Waals surface area contributed by atoms with Gasteiger partial charge in [-0.1, -0.05) is 23.7 Å². The highest BCUT2D eigenvalue weighted by molar-refractivity contribution is 6.34. The van der Waals surface area contributed by atoms with Gasteiger partial charge in [-0.2, -0.15) is 0 Å². The highest BCUT2D eigenvalue weighted by atomic mass is 35.5. The molecule has 0 spiro atoms. The van der Waals surface area contributed by atoms with Crippen LogP contribution in [0.25, 0.3) is 0 Å². The van der Waals surface area contributed by atoms with Crippen LogP contribution in [-0.2, 0) is 0 Å². The third-order valence-corrected chi connectivity index (χ3v) is 4.36. The van der Waals surface area contributed by atoms with Crippen molar-refractivity contribution in [3.8, 4) is 0 Å². The Balaban J connectivity index is 1.94. The van der Waals surface area contributed by atoms with Gasteiger partial charge in [0.15, 0.2) is 0 Å². The van der Waals surface area contributed by atoms with E-state index >= 15 is 0 Å². The molecule has 0 aliphatic heterocycles. The fourth-order valence-electron chi connectivity index (χ4n) is 2.35. The molecular weight excluding hydrogens is 269 g/mol. The predicted octanol–water partition coefficient (Wildman–Crippen LogP) is 3.79. The smallest absolute Gasteiger partial charge is 0.252 e. The Bertz CT molecular complexity index is 447. The van der Waals surface area contributed by atoms with Crippen molar-refractivity contribution < 1.29 is 4.79 Å². The molecule has 2 rings (SSSR count). The number of amides is 1. The minimum atomic E-state index is -0.0956. The van der Waals surface area contributed by atoms with Crippen LogP contribution < -0.4 is 5.32 Å². The maximum atomic E-state index is 12.0. The molecule has 18 heavy (non-hydrogen) atoms. The highest BCUT2D eigenvalue weighted by Gasteiger charge is 2.23. The first-order chi connectivity index (χ1) is 8.58. The molecule has 1 aromatic rings. The van der Waals surface area contributed by atoms with Gasteiger partial charge in [0.1, 0.15) is 0 Å². The predicted molar refractivity (Wildman–Crippen MR) is 75.5 cm³/mol. The molecule has 0 radical (unpaired) electrons. The first-order valence-corrected chi connectivity index (χ1v) is 7.06. The van der Waals surface area contributed by atoms with Crippen LogP contribution in [0.5, 0.6) is 0 Å². The first kappa shape index (κ1) is 13.7.